The second kappa shape index (κ2) is 5.61. The Bertz CT molecular complexity index is 696. The highest BCUT2D eigenvalue weighted by molar-refractivity contribution is 7.17. The summed E-state index contributed by atoms with van der Waals surface area (Å²) in [4.78, 5) is 32.7. The van der Waals surface area contributed by atoms with Crippen molar-refractivity contribution in [1.82, 2.24) is 9.97 Å². The molecule has 7 heteroatoms. The van der Waals surface area contributed by atoms with E-state index in [-0.39, 0.29) is 11.6 Å². The van der Waals surface area contributed by atoms with Crippen LogP contribution in [0.1, 0.15) is 44.1 Å². The number of carbonyl (C=O) groups excluding carboxylic acids is 2. The molecule has 1 aliphatic rings. The molecule has 0 unspecified atom stereocenters. The van der Waals surface area contributed by atoms with Crippen LogP contribution in [0.5, 0.6) is 0 Å². The van der Waals surface area contributed by atoms with Crippen LogP contribution in [0.25, 0.3) is 0 Å². The van der Waals surface area contributed by atoms with Crippen LogP contribution < -0.4 is 11.1 Å². The number of carbonyl (C=O) groups is 2. The highest BCUT2D eigenvalue weighted by Crippen LogP contribution is 2.37. The quantitative estimate of drug-likeness (QED) is 0.902. The lowest BCUT2D eigenvalue weighted by atomic mass is 9.95. The Morgan fingerprint density at radius 2 is 2.10 bits per heavy atom. The molecule has 0 spiro atoms. The van der Waals surface area contributed by atoms with Gasteiger partial charge in [-0.2, -0.15) is 0 Å². The predicted octanol–water partition coefficient (Wildman–Crippen LogP) is 1.77. The number of primary amides is 1. The average molecular weight is 302 g/mol. The molecular weight excluding hydrogens is 288 g/mol. The van der Waals surface area contributed by atoms with E-state index in [1.54, 1.807) is 0 Å². The van der Waals surface area contributed by atoms with Gasteiger partial charge in [-0.15, -0.1) is 11.3 Å². The molecule has 0 radical (unpaired) electrons. The van der Waals surface area contributed by atoms with E-state index in [1.807, 2.05) is 0 Å². The number of aromatic nitrogens is 2. The van der Waals surface area contributed by atoms with E-state index in [0.29, 0.717) is 10.6 Å². The Morgan fingerprint density at radius 1 is 1.29 bits per heavy atom. The molecule has 2 heterocycles. The van der Waals surface area contributed by atoms with Crippen molar-refractivity contribution in [2.45, 2.75) is 25.7 Å². The van der Waals surface area contributed by atoms with Gasteiger partial charge in [0.05, 0.1) is 5.56 Å². The van der Waals surface area contributed by atoms with Gasteiger partial charge in [0.15, 0.2) is 0 Å². The lowest BCUT2D eigenvalue weighted by molar-refractivity contribution is 0.100. The van der Waals surface area contributed by atoms with Gasteiger partial charge in [-0.3, -0.25) is 9.59 Å². The van der Waals surface area contributed by atoms with E-state index in [4.69, 9.17) is 5.73 Å². The standard InChI is InChI=1S/C14H14N4O2S/c15-12(19)11-8-3-1-2-4-10(8)21-14(11)18-13(20)9-5-6-16-7-17-9/h5-7H,1-4H2,(H2,15,19)(H,18,20). The first-order valence-corrected chi connectivity index (χ1v) is 7.50. The first-order chi connectivity index (χ1) is 10.2. The van der Waals surface area contributed by atoms with E-state index >= 15 is 0 Å². The third-order valence-electron chi connectivity index (χ3n) is 3.46. The normalized spacial score (nSPS) is 13.5. The molecule has 0 aliphatic heterocycles. The van der Waals surface area contributed by atoms with Crippen molar-refractivity contribution in [3.8, 4) is 0 Å². The number of nitrogens with two attached hydrogens (primary N) is 1. The first-order valence-electron chi connectivity index (χ1n) is 6.68. The average Bonchev–Trinajstić information content (AvgIpc) is 2.86. The maximum atomic E-state index is 12.2. The van der Waals surface area contributed by atoms with Crippen LogP contribution in [0, 0.1) is 0 Å². The summed E-state index contributed by atoms with van der Waals surface area (Å²) in [6.07, 6.45) is 6.73. The number of nitrogens with one attached hydrogen (secondary N) is 1. The molecule has 108 valence electrons. The van der Waals surface area contributed by atoms with Gasteiger partial charge in [-0.05, 0) is 37.3 Å². The number of fused-ring (bicyclic) bond motifs is 1. The minimum atomic E-state index is -0.493. The van der Waals surface area contributed by atoms with Crippen molar-refractivity contribution in [3.05, 3.63) is 40.3 Å². The third-order valence-corrected chi connectivity index (χ3v) is 4.67. The minimum absolute atomic E-state index is 0.256. The second-order valence-electron chi connectivity index (χ2n) is 4.83. The van der Waals surface area contributed by atoms with E-state index in [2.05, 4.69) is 15.3 Å². The summed E-state index contributed by atoms with van der Waals surface area (Å²) in [5.41, 5.74) is 7.20. The predicted molar refractivity (Wildman–Crippen MR) is 79.5 cm³/mol. The summed E-state index contributed by atoms with van der Waals surface area (Å²) in [7, 11) is 0. The van der Waals surface area contributed by atoms with Crippen molar-refractivity contribution < 1.29 is 9.59 Å². The lowest BCUT2D eigenvalue weighted by Gasteiger charge is -2.11. The number of amides is 2. The Hall–Kier alpha value is -2.28. The van der Waals surface area contributed by atoms with E-state index < -0.39 is 5.91 Å². The van der Waals surface area contributed by atoms with Crippen LogP contribution >= 0.6 is 11.3 Å². The number of nitrogens with zero attached hydrogens (tertiary/aromatic N) is 2. The second-order valence-corrected chi connectivity index (χ2v) is 5.93. The molecule has 6 nitrogen and oxygen atoms in total. The van der Waals surface area contributed by atoms with Crippen LogP contribution in [0.2, 0.25) is 0 Å². The van der Waals surface area contributed by atoms with Crippen LogP contribution in [0.15, 0.2) is 18.6 Å². The molecule has 0 atom stereocenters. The lowest BCUT2D eigenvalue weighted by Crippen LogP contribution is -2.19. The molecule has 2 aromatic heterocycles. The van der Waals surface area contributed by atoms with Crippen LogP contribution in [-0.2, 0) is 12.8 Å². The SMILES string of the molecule is NC(=O)c1c(NC(=O)c2ccncn2)sc2c1CCCC2. The zero-order valence-electron chi connectivity index (χ0n) is 11.3. The molecule has 2 amide bonds. The van der Waals surface area contributed by atoms with E-state index in [9.17, 15) is 9.59 Å². The van der Waals surface area contributed by atoms with E-state index in [0.717, 1.165) is 36.1 Å². The zero-order chi connectivity index (χ0) is 14.8. The maximum absolute atomic E-state index is 12.2. The third kappa shape index (κ3) is 2.64. The first kappa shape index (κ1) is 13.7. The molecule has 0 aromatic carbocycles. The number of hydrogen-bond acceptors (Lipinski definition) is 5. The number of hydrogen-bond donors (Lipinski definition) is 2. The van der Waals surface area contributed by atoms with Crippen molar-refractivity contribution in [1.29, 1.82) is 0 Å². The summed E-state index contributed by atoms with van der Waals surface area (Å²) in [5.74, 6) is -0.856. The van der Waals surface area contributed by atoms with Gasteiger partial charge in [0.25, 0.3) is 11.8 Å². The molecule has 3 N–H and O–H groups in total. The van der Waals surface area contributed by atoms with Crippen LogP contribution in [0.3, 0.4) is 0 Å². The summed E-state index contributed by atoms with van der Waals surface area (Å²) >= 11 is 1.44. The van der Waals surface area contributed by atoms with Crippen molar-refractivity contribution >= 4 is 28.2 Å². The van der Waals surface area contributed by atoms with Crippen LogP contribution in [0.4, 0.5) is 5.00 Å². The van der Waals surface area contributed by atoms with Crippen molar-refractivity contribution in [2.75, 3.05) is 5.32 Å². The van der Waals surface area contributed by atoms with Gasteiger partial charge < -0.3 is 11.1 Å². The fraction of sp³-hybridized carbons (Fsp3) is 0.286. The monoisotopic (exact) mass is 302 g/mol. The van der Waals surface area contributed by atoms with Gasteiger partial charge in [-0.1, -0.05) is 0 Å². The highest BCUT2D eigenvalue weighted by atomic mass is 32.1. The molecule has 3 rings (SSSR count). The molecule has 21 heavy (non-hydrogen) atoms. The Balaban J connectivity index is 1.94. The smallest absolute Gasteiger partial charge is 0.275 e. The number of thiophene rings is 1. The topological polar surface area (TPSA) is 98.0 Å². The molecule has 0 fully saturated rings. The van der Waals surface area contributed by atoms with Crippen molar-refractivity contribution in [2.24, 2.45) is 5.73 Å². The highest BCUT2D eigenvalue weighted by Gasteiger charge is 2.25. The van der Waals surface area contributed by atoms with Crippen molar-refractivity contribution in [3.63, 3.8) is 0 Å². The van der Waals surface area contributed by atoms with E-state index in [1.165, 1.54) is 29.9 Å². The Morgan fingerprint density at radius 3 is 2.81 bits per heavy atom. The van der Waals surface area contributed by atoms with Gasteiger partial charge in [0.1, 0.15) is 17.0 Å². The molecule has 1 aliphatic carbocycles. The van der Waals surface area contributed by atoms with Crippen LogP contribution in [-0.4, -0.2) is 21.8 Å². The summed E-state index contributed by atoms with van der Waals surface area (Å²) < 4.78 is 0. The fourth-order valence-electron chi connectivity index (χ4n) is 2.51. The largest absolute Gasteiger partial charge is 0.365 e. The fourth-order valence-corrected chi connectivity index (χ4v) is 3.80. The molecule has 2 aromatic rings. The zero-order valence-corrected chi connectivity index (χ0v) is 12.1. The van der Waals surface area contributed by atoms with Gasteiger partial charge in [-0.25, -0.2) is 9.97 Å². The van der Waals surface area contributed by atoms with Gasteiger partial charge in [0.2, 0.25) is 0 Å². The Kier molecular flexibility index (Phi) is 3.66. The molecular formula is C14H14N4O2S. The van der Waals surface area contributed by atoms with Gasteiger partial charge >= 0.3 is 0 Å². The maximum Gasteiger partial charge on any atom is 0.275 e. The summed E-state index contributed by atoms with van der Waals surface area (Å²) in [6.45, 7) is 0. The number of anilines is 1. The summed E-state index contributed by atoms with van der Waals surface area (Å²) in [5, 5.41) is 3.28. The number of aryl methyl sites for hydroxylation is 1. The minimum Gasteiger partial charge on any atom is -0.365 e. The summed E-state index contributed by atoms with van der Waals surface area (Å²) in [6, 6.07) is 1.52. The van der Waals surface area contributed by atoms with Gasteiger partial charge in [0, 0.05) is 11.1 Å². The molecule has 0 saturated heterocycles. The molecule has 0 bridgehead atoms. The number of rotatable bonds is 3. The Labute approximate surface area is 125 Å². The molecule has 0 saturated carbocycles.